The van der Waals surface area contributed by atoms with Crippen LogP contribution in [-0.2, 0) is 9.59 Å². The van der Waals surface area contributed by atoms with Gasteiger partial charge in [0.15, 0.2) is 5.17 Å². The summed E-state index contributed by atoms with van der Waals surface area (Å²) in [4.78, 5) is 37.0. The molecule has 154 valence electrons. The van der Waals surface area contributed by atoms with Gasteiger partial charge in [0.25, 0.3) is 5.91 Å². The van der Waals surface area contributed by atoms with Crippen molar-refractivity contribution in [1.82, 2.24) is 4.90 Å². The molecule has 6 nitrogen and oxygen atoms in total. The van der Waals surface area contributed by atoms with Crippen LogP contribution in [0, 0.1) is 0 Å². The lowest BCUT2D eigenvalue weighted by atomic mass is 10.1. The third-order valence-corrected chi connectivity index (χ3v) is 6.38. The first-order chi connectivity index (χ1) is 14.6. The van der Waals surface area contributed by atoms with E-state index < -0.39 is 0 Å². The van der Waals surface area contributed by atoms with Crippen molar-refractivity contribution in [2.75, 3.05) is 5.32 Å². The minimum atomic E-state index is -0.389. The van der Waals surface area contributed by atoms with Crippen molar-refractivity contribution in [2.24, 2.45) is 9.98 Å². The first-order valence-corrected chi connectivity index (χ1v) is 11.1. The van der Waals surface area contributed by atoms with Gasteiger partial charge in [-0.2, -0.15) is 0 Å². The van der Waals surface area contributed by atoms with E-state index >= 15 is 0 Å². The molecule has 7 heteroatoms. The second-order valence-electron chi connectivity index (χ2n) is 7.21. The lowest BCUT2D eigenvalue weighted by Crippen LogP contribution is -2.42. The molecule has 2 aliphatic heterocycles. The number of hydrogen-bond donors (Lipinski definition) is 1. The number of anilines is 1. The van der Waals surface area contributed by atoms with Crippen LogP contribution in [0.15, 0.2) is 64.6 Å². The number of rotatable bonds is 6. The fraction of sp³-hybridized carbons (Fsp3) is 0.304. The molecule has 2 aromatic carbocycles. The van der Waals surface area contributed by atoms with Crippen LogP contribution < -0.4 is 5.32 Å². The Morgan fingerprint density at radius 2 is 1.87 bits per heavy atom. The zero-order valence-corrected chi connectivity index (χ0v) is 17.9. The SMILES string of the molecule is CCC[C@H]1N=C2c3ccccc3N=C(S[C@@H](CC)C(=O)Nc3ccccc3)N2C1=O. The van der Waals surface area contributed by atoms with Gasteiger partial charge in [-0.15, -0.1) is 0 Å². The number of nitrogens with one attached hydrogen (secondary N) is 1. The second kappa shape index (κ2) is 8.83. The quantitative estimate of drug-likeness (QED) is 0.742. The molecule has 2 atom stereocenters. The van der Waals surface area contributed by atoms with E-state index in [0.717, 1.165) is 23.4 Å². The fourth-order valence-corrected chi connectivity index (χ4v) is 4.56. The molecule has 0 bridgehead atoms. The van der Waals surface area contributed by atoms with Crippen molar-refractivity contribution >= 4 is 46.0 Å². The summed E-state index contributed by atoms with van der Waals surface area (Å²) >= 11 is 1.32. The number of amides is 2. The summed E-state index contributed by atoms with van der Waals surface area (Å²) in [5, 5.41) is 3.09. The number of aliphatic imine (C=N–C) groups is 2. The van der Waals surface area contributed by atoms with E-state index in [0.29, 0.717) is 23.8 Å². The number of amidine groups is 2. The Balaban J connectivity index is 1.62. The number of benzene rings is 2. The third kappa shape index (κ3) is 3.89. The van der Waals surface area contributed by atoms with Crippen LogP contribution in [0.4, 0.5) is 11.4 Å². The molecule has 0 saturated carbocycles. The van der Waals surface area contributed by atoms with Crippen molar-refractivity contribution in [3.8, 4) is 0 Å². The van der Waals surface area contributed by atoms with E-state index in [2.05, 4.69) is 5.32 Å². The van der Waals surface area contributed by atoms with Crippen molar-refractivity contribution in [3.63, 3.8) is 0 Å². The van der Waals surface area contributed by atoms with Gasteiger partial charge in [-0.3, -0.25) is 14.6 Å². The molecule has 0 unspecified atom stereocenters. The van der Waals surface area contributed by atoms with Gasteiger partial charge in [-0.05, 0) is 37.1 Å². The molecular formula is C23H24N4O2S. The first-order valence-electron chi connectivity index (χ1n) is 10.2. The van der Waals surface area contributed by atoms with E-state index in [4.69, 9.17) is 9.98 Å². The van der Waals surface area contributed by atoms with E-state index in [1.54, 1.807) is 4.90 Å². The Hall–Kier alpha value is -2.93. The highest BCUT2D eigenvalue weighted by atomic mass is 32.2. The second-order valence-corrected chi connectivity index (χ2v) is 8.38. The molecule has 4 rings (SSSR count). The van der Waals surface area contributed by atoms with Gasteiger partial charge < -0.3 is 5.32 Å². The van der Waals surface area contributed by atoms with Crippen LogP contribution in [0.2, 0.25) is 0 Å². The highest BCUT2D eigenvalue weighted by Gasteiger charge is 2.41. The summed E-state index contributed by atoms with van der Waals surface area (Å²) in [6.07, 6.45) is 2.18. The van der Waals surface area contributed by atoms with E-state index in [-0.39, 0.29) is 23.1 Å². The van der Waals surface area contributed by atoms with Gasteiger partial charge in [0.1, 0.15) is 11.9 Å². The minimum absolute atomic E-state index is 0.0640. The van der Waals surface area contributed by atoms with E-state index in [9.17, 15) is 9.59 Å². The van der Waals surface area contributed by atoms with E-state index in [1.807, 2.05) is 68.4 Å². The normalized spacial score (nSPS) is 18.3. The maximum absolute atomic E-state index is 13.1. The summed E-state index contributed by atoms with van der Waals surface area (Å²) in [6, 6.07) is 16.7. The predicted octanol–water partition coefficient (Wildman–Crippen LogP) is 4.60. The Labute approximate surface area is 180 Å². The number of para-hydroxylation sites is 2. The largest absolute Gasteiger partial charge is 0.325 e. The Bertz CT molecular complexity index is 1020. The van der Waals surface area contributed by atoms with Gasteiger partial charge >= 0.3 is 0 Å². The topological polar surface area (TPSA) is 74.1 Å². The maximum atomic E-state index is 13.1. The zero-order valence-electron chi connectivity index (χ0n) is 17.0. The molecule has 1 N–H and O–H groups in total. The summed E-state index contributed by atoms with van der Waals surface area (Å²) in [7, 11) is 0. The van der Waals surface area contributed by atoms with Crippen LogP contribution in [0.25, 0.3) is 0 Å². The minimum Gasteiger partial charge on any atom is -0.325 e. The maximum Gasteiger partial charge on any atom is 0.259 e. The number of fused-ring (bicyclic) bond motifs is 3. The molecule has 0 radical (unpaired) electrons. The van der Waals surface area contributed by atoms with Crippen molar-refractivity contribution in [1.29, 1.82) is 0 Å². The average Bonchev–Trinajstić information content (AvgIpc) is 3.09. The summed E-state index contributed by atoms with van der Waals surface area (Å²) in [5.41, 5.74) is 2.38. The lowest BCUT2D eigenvalue weighted by Gasteiger charge is -2.27. The van der Waals surface area contributed by atoms with Crippen LogP contribution >= 0.6 is 11.8 Å². The Morgan fingerprint density at radius 1 is 1.13 bits per heavy atom. The Morgan fingerprint density at radius 3 is 2.60 bits per heavy atom. The highest BCUT2D eigenvalue weighted by molar-refractivity contribution is 8.15. The predicted molar refractivity (Wildman–Crippen MR) is 122 cm³/mol. The third-order valence-electron chi connectivity index (χ3n) is 5.06. The van der Waals surface area contributed by atoms with Crippen molar-refractivity contribution in [2.45, 2.75) is 44.4 Å². The molecule has 0 saturated heterocycles. The smallest absolute Gasteiger partial charge is 0.259 e. The summed E-state index contributed by atoms with van der Waals surface area (Å²) in [5.74, 6) is 0.473. The monoisotopic (exact) mass is 420 g/mol. The molecule has 0 aliphatic carbocycles. The van der Waals surface area contributed by atoms with Crippen molar-refractivity contribution in [3.05, 3.63) is 60.2 Å². The van der Waals surface area contributed by atoms with Gasteiger partial charge in [0, 0.05) is 11.3 Å². The Kier molecular flexibility index (Phi) is 5.99. The van der Waals surface area contributed by atoms with Gasteiger partial charge in [-0.25, -0.2) is 9.89 Å². The lowest BCUT2D eigenvalue weighted by molar-refractivity contribution is -0.124. The molecule has 2 heterocycles. The van der Waals surface area contributed by atoms with Crippen LogP contribution in [0.5, 0.6) is 0 Å². The molecule has 0 spiro atoms. The van der Waals surface area contributed by atoms with Gasteiger partial charge in [0.05, 0.1) is 10.9 Å². The molecule has 2 aliphatic rings. The highest BCUT2D eigenvalue weighted by Crippen LogP contribution is 2.35. The summed E-state index contributed by atoms with van der Waals surface area (Å²) < 4.78 is 0. The van der Waals surface area contributed by atoms with E-state index in [1.165, 1.54) is 11.8 Å². The number of nitrogens with zero attached hydrogens (tertiary/aromatic N) is 3. The van der Waals surface area contributed by atoms with Gasteiger partial charge in [-0.1, -0.05) is 62.4 Å². The van der Waals surface area contributed by atoms with Crippen molar-refractivity contribution < 1.29 is 9.59 Å². The number of carbonyl (C=O) groups is 2. The first kappa shape index (κ1) is 20.3. The van der Waals surface area contributed by atoms with Crippen LogP contribution in [0.3, 0.4) is 0 Å². The number of thioether (sulfide) groups is 1. The van der Waals surface area contributed by atoms with Gasteiger partial charge in [0.2, 0.25) is 5.91 Å². The fourth-order valence-electron chi connectivity index (χ4n) is 3.54. The average molecular weight is 421 g/mol. The number of hydrogen-bond acceptors (Lipinski definition) is 5. The molecular weight excluding hydrogens is 396 g/mol. The molecule has 0 aromatic heterocycles. The number of carbonyl (C=O) groups excluding carboxylic acids is 2. The van der Waals surface area contributed by atoms with Crippen LogP contribution in [0.1, 0.15) is 38.7 Å². The molecule has 2 aromatic rings. The standard InChI is InChI=1S/C23H24N4O2S/c1-3-10-18-22(29)27-20(25-18)16-13-8-9-14-17(16)26-23(27)30-19(4-2)21(28)24-15-11-6-5-7-12-15/h5-9,11-14,18-19H,3-4,10H2,1-2H3,(H,24,28)/t18-,19+/m1/s1. The van der Waals surface area contributed by atoms with Crippen LogP contribution in [-0.4, -0.2) is 39.0 Å². The molecule has 2 amide bonds. The molecule has 0 fully saturated rings. The molecule has 30 heavy (non-hydrogen) atoms. The summed E-state index contributed by atoms with van der Waals surface area (Å²) in [6.45, 7) is 4.00. The zero-order chi connectivity index (χ0) is 21.1.